The Kier molecular flexibility index (Phi) is 6.48. The maximum Gasteiger partial charge on any atom is 0.0547 e. The van der Waals surface area contributed by atoms with Crippen LogP contribution in [-0.2, 0) is 0 Å². The molecule has 2 heterocycles. The van der Waals surface area contributed by atoms with E-state index in [1.54, 1.807) is 0 Å². The van der Waals surface area contributed by atoms with Crippen LogP contribution in [0.3, 0.4) is 0 Å². The molecule has 2 aromatic heterocycles. The molecule has 10 aromatic rings. The van der Waals surface area contributed by atoms with E-state index in [-0.39, 0.29) is 5.92 Å². The third-order valence-corrected chi connectivity index (χ3v) is 11.5. The minimum absolute atomic E-state index is 0.196. The van der Waals surface area contributed by atoms with Gasteiger partial charge in [0.1, 0.15) is 0 Å². The first kappa shape index (κ1) is 30.0. The molecule has 53 heavy (non-hydrogen) atoms. The van der Waals surface area contributed by atoms with Crippen LogP contribution in [0.15, 0.2) is 176 Å². The monoisotopic (exact) mass is 676 g/mol. The van der Waals surface area contributed by atoms with Gasteiger partial charge in [0.05, 0.1) is 22.1 Å². The average Bonchev–Trinajstić information content (AvgIpc) is 3.82. The highest BCUT2D eigenvalue weighted by molar-refractivity contribution is 6.12. The van der Waals surface area contributed by atoms with Crippen LogP contribution in [-0.4, -0.2) is 9.13 Å². The number of nitrogens with zero attached hydrogens (tertiary/aromatic N) is 2. The Balaban J connectivity index is 1.13. The molecule has 0 spiro atoms. The maximum atomic E-state index is 2.49. The summed E-state index contributed by atoms with van der Waals surface area (Å²) < 4.78 is 4.88. The van der Waals surface area contributed by atoms with Crippen LogP contribution < -0.4 is 0 Å². The number of hydrogen-bond acceptors (Lipinski definition) is 0. The standard InChI is InChI=1S/C51H36N2/c1-32-17-24-47-43(27-32)41-22-19-36(35-20-26-49-45(29-35)44-28-33(2)18-25-48(44)52(49)37-13-7-4-8-14-37)30-50(41)53(47)38-21-23-40-39-15-9-10-16-42(39)51(46(40)31-38)34-11-5-3-6-12-34/h3-31,51H,1-2H3. The Hall–Kier alpha value is -6.64. The van der Waals surface area contributed by atoms with Crippen LogP contribution in [0.2, 0.25) is 0 Å². The van der Waals surface area contributed by atoms with Crippen molar-refractivity contribution in [3.63, 3.8) is 0 Å². The molecule has 250 valence electrons. The quantitative estimate of drug-likeness (QED) is 0.176. The van der Waals surface area contributed by atoms with Gasteiger partial charge >= 0.3 is 0 Å². The Bertz CT molecular complexity index is 3070. The molecule has 0 amide bonds. The number of aryl methyl sites for hydroxylation is 2. The zero-order chi connectivity index (χ0) is 35.2. The van der Waals surface area contributed by atoms with Crippen LogP contribution in [0.4, 0.5) is 0 Å². The van der Waals surface area contributed by atoms with E-state index in [9.17, 15) is 0 Å². The smallest absolute Gasteiger partial charge is 0.0547 e. The molecule has 2 nitrogen and oxygen atoms in total. The molecule has 0 saturated heterocycles. The number of fused-ring (bicyclic) bond motifs is 9. The zero-order valence-corrected chi connectivity index (χ0v) is 29.7. The highest BCUT2D eigenvalue weighted by Gasteiger charge is 2.30. The molecule has 8 aromatic carbocycles. The van der Waals surface area contributed by atoms with E-state index in [4.69, 9.17) is 0 Å². The summed E-state index contributed by atoms with van der Waals surface area (Å²) in [5.74, 6) is 0.196. The molecule has 1 aliphatic rings. The zero-order valence-electron chi connectivity index (χ0n) is 29.7. The second-order valence-electron chi connectivity index (χ2n) is 14.7. The molecular weight excluding hydrogens is 641 g/mol. The second-order valence-corrected chi connectivity index (χ2v) is 14.7. The van der Waals surface area contributed by atoms with Gasteiger partial charge in [-0.25, -0.2) is 0 Å². The van der Waals surface area contributed by atoms with E-state index in [0.717, 1.165) is 0 Å². The van der Waals surface area contributed by atoms with Crippen LogP contribution in [0, 0.1) is 13.8 Å². The van der Waals surface area contributed by atoms with Crippen molar-refractivity contribution in [3.05, 3.63) is 204 Å². The predicted molar refractivity (Wildman–Crippen MR) is 223 cm³/mol. The van der Waals surface area contributed by atoms with Gasteiger partial charge in [0.15, 0.2) is 0 Å². The van der Waals surface area contributed by atoms with E-state index in [0.29, 0.717) is 0 Å². The lowest BCUT2D eigenvalue weighted by Crippen LogP contribution is -2.01. The predicted octanol–water partition coefficient (Wildman–Crippen LogP) is 13.3. The number of rotatable bonds is 4. The van der Waals surface area contributed by atoms with Crippen molar-refractivity contribution < 1.29 is 0 Å². The van der Waals surface area contributed by atoms with Crippen molar-refractivity contribution in [2.45, 2.75) is 19.8 Å². The fourth-order valence-corrected chi connectivity index (χ4v) is 9.10. The van der Waals surface area contributed by atoms with E-state index >= 15 is 0 Å². The molecule has 11 rings (SSSR count). The number of para-hydroxylation sites is 1. The summed E-state index contributed by atoms with van der Waals surface area (Å²) in [5.41, 5.74) is 19.0. The lowest BCUT2D eigenvalue weighted by molar-refractivity contribution is 1.01. The molecular formula is C51H36N2. The third-order valence-electron chi connectivity index (χ3n) is 11.5. The van der Waals surface area contributed by atoms with Crippen LogP contribution >= 0.6 is 0 Å². The number of aromatic nitrogens is 2. The molecule has 1 aliphatic carbocycles. The Labute approximate surface area is 308 Å². The number of hydrogen-bond donors (Lipinski definition) is 0. The van der Waals surface area contributed by atoms with Gasteiger partial charge in [-0.2, -0.15) is 0 Å². The van der Waals surface area contributed by atoms with Gasteiger partial charge in [0.25, 0.3) is 0 Å². The Morgan fingerprint density at radius 2 is 0.925 bits per heavy atom. The summed E-state index contributed by atoms with van der Waals surface area (Å²) in [6.07, 6.45) is 0. The molecule has 0 radical (unpaired) electrons. The summed E-state index contributed by atoms with van der Waals surface area (Å²) >= 11 is 0. The fourth-order valence-electron chi connectivity index (χ4n) is 9.10. The molecule has 0 N–H and O–H groups in total. The largest absolute Gasteiger partial charge is 0.309 e. The molecule has 2 heteroatoms. The summed E-state index contributed by atoms with van der Waals surface area (Å²) in [4.78, 5) is 0. The van der Waals surface area contributed by atoms with Crippen molar-refractivity contribution in [3.8, 4) is 33.6 Å². The molecule has 0 aliphatic heterocycles. The van der Waals surface area contributed by atoms with E-state index in [1.165, 1.54) is 105 Å². The molecule has 0 fully saturated rings. The Morgan fingerprint density at radius 1 is 0.358 bits per heavy atom. The van der Waals surface area contributed by atoms with Crippen molar-refractivity contribution in [2.75, 3.05) is 0 Å². The van der Waals surface area contributed by atoms with E-state index in [2.05, 4.69) is 199 Å². The maximum absolute atomic E-state index is 2.49. The van der Waals surface area contributed by atoms with Crippen molar-refractivity contribution in [1.82, 2.24) is 9.13 Å². The molecule has 0 bridgehead atoms. The molecule has 0 saturated carbocycles. The first-order valence-corrected chi connectivity index (χ1v) is 18.5. The molecule has 1 unspecified atom stereocenters. The number of benzene rings is 8. The van der Waals surface area contributed by atoms with Gasteiger partial charge in [-0.05, 0) is 120 Å². The fraction of sp³-hybridized carbons (Fsp3) is 0.0588. The van der Waals surface area contributed by atoms with Gasteiger partial charge < -0.3 is 9.13 Å². The summed E-state index contributed by atoms with van der Waals surface area (Å²) in [5, 5.41) is 5.11. The first-order chi connectivity index (χ1) is 26.1. The van der Waals surface area contributed by atoms with Crippen molar-refractivity contribution in [1.29, 1.82) is 0 Å². The summed E-state index contributed by atoms with van der Waals surface area (Å²) in [7, 11) is 0. The van der Waals surface area contributed by atoms with Gasteiger partial charge in [0, 0.05) is 38.8 Å². The van der Waals surface area contributed by atoms with Crippen LogP contribution in [0.5, 0.6) is 0 Å². The minimum Gasteiger partial charge on any atom is -0.309 e. The lowest BCUT2D eigenvalue weighted by atomic mass is 9.89. The van der Waals surface area contributed by atoms with Gasteiger partial charge in [-0.3, -0.25) is 0 Å². The highest BCUT2D eigenvalue weighted by Crippen LogP contribution is 2.49. The van der Waals surface area contributed by atoms with Gasteiger partial charge in [-0.1, -0.05) is 120 Å². The highest BCUT2D eigenvalue weighted by atomic mass is 15.0. The van der Waals surface area contributed by atoms with Gasteiger partial charge in [0.2, 0.25) is 0 Å². The normalized spacial score (nSPS) is 13.7. The van der Waals surface area contributed by atoms with Crippen molar-refractivity contribution in [2.24, 2.45) is 0 Å². The minimum atomic E-state index is 0.196. The SMILES string of the molecule is Cc1ccc2c(c1)c1cc(-c3ccc4c5cc(C)ccc5n(-c5ccc6c(c5)C(c5ccccc5)c5ccccc5-6)c4c3)ccc1n2-c1ccccc1. The summed E-state index contributed by atoms with van der Waals surface area (Å²) in [6.45, 7) is 4.38. The van der Waals surface area contributed by atoms with Gasteiger partial charge in [-0.15, -0.1) is 0 Å². The summed E-state index contributed by atoms with van der Waals surface area (Å²) in [6, 6.07) is 65.5. The Morgan fingerprint density at radius 3 is 1.68 bits per heavy atom. The van der Waals surface area contributed by atoms with E-state index < -0.39 is 0 Å². The third kappa shape index (κ3) is 4.52. The topological polar surface area (TPSA) is 9.86 Å². The van der Waals surface area contributed by atoms with Crippen LogP contribution in [0.1, 0.15) is 33.7 Å². The first-order valence-electron chi connectivity index (χ1n) is 18.5. The van der Waals surface area contributed by atoms with Crippen LogP contribution in [0.25, 0.3) is 77.2 Å². The molecule has 1 atom stereocenters. The second kappa shape index (κ2) is 11.4. The van der Waals surface area contributed by atoms with Crippen molar-refractivity contribution >= 4 is 43.6 Å². The van der Waals surface area contributed by atoms with E-state index in [1.807, 2.05) is 0 Å². The average molecular weight is 677 g/mol. The lowest BCUT2D eigenvalue weighted by Gasteiger charge is -2.16.